The molecule has 1 atom stereocenters. The number of nitrogens with zero attached hydrogens (tertiary/aromatic N) is 2. The third-order valence-corrected chi connectivity index (χ3v) is 2.51. The van der Waals surface area contributed by atoms with Crippen molar-refractivity contribution < 1.29 is 0 Å². The van der Waals surface area contributed by atoms with Crippen LogP contribution in [-0.2, 0) is 0 Å². The molecule has 3 nitrogen and oxygen atoms in total. The van der Waals surface area contributed by atoms with Gasteiger partial charge in [-0.15, -0.1) is 0 Å². The minimum atomic E-state index is 0.315. The molecule has 0 aliphatic rings. The minimum absolute atomic E-state index is 0.315. The van der Waals surface area contributed by atoms with E-state index in [-0.39, 0.29) is 0 Å². The van der Waals surface area contributed by atoms with E-state index in [4.69, 9.17) is 0 Å². The van der Waals surface area contributed by atoms with Crippen molar-refractivity contribution in [1.29, 1.82) is 0 Å². The van der Waals surface area contributed by atoms with Crippen molar-refractivity contribution in [3.63, 3.8) is 0 Å². The summed E-state index contributed by atoms with van der Waals surface area (Å²) in [4.78, 5) is 8.68. The molecule has 0 radical (unpaired) electrons. The molecule has 0 fully saturated rings. The highest BCUT2D eigenvalue weighted by Crippen LogP contribution is 2.20. The summed E-state index contributed by atoms with van der Waals surface area (Å²) in [5.74, 6) is 0. The quantitative estimate of drug-likeness (QED) is 0.828. The van der Waals surface area contributed by atoms with Crippen molar-refractivity contribution in [1.82, 2.24) is 15.3 Å². The highest BCUT2D eigenvalue weighted by atomic mass is 14.9. The highest BCUT2D eigenvalue weighted by Gasteiger charge is 2.08. The van der Waals surface area contributed by atoms with E-state index in [1.54, 1.807) is 12.4 Å². The van der Waals surface area contributed by atoms with Gasteiger partial charge in [-0.2, -0.15) is 0 Å². The number of fused-ring (bicyclic) bond motifs is 1. The van der Waals surface area contributed by atoms with Gasteiger partial charge in [0, 0.05) is 18.4 Å². The zero-order valence-corrected chi connectivity index (χ0v) is 9.07. The largest absolute Gasteiger partial charge is 0.310 e. The third-order valence-electron chi connectivity index (χ3n) is 2.51. The maximum atomic E-state index is 4.38. The van der Waals surface area contributed by atoms with Crippen LogP contribution < -0.4 is 5.32 Å². The summed E-state index contributed by atoms with van der Waals surface area (Å²) in [6, 6.07) is 6.44. The van der Waals surface area contributed by atoms with Crippen molar-refractivity contribution in [2.45, 2.75) is 19.9 Å². The fourth-order valence-electron chi connectivity index (χ4n) is 1.78. The van der Waals surface area contributed by atoms with E-state index in [0.29, 0.717) is 6.04 Å². The van der Waals surface area contributed by atoms with Gasteiger partial charge in [-0.25, -0.2) is 0 Å². The van der Waals surface area contributed by atoms with Crippen LogP contribution in [-0.4, -0.2) is 16.5 Å². The Balaban J connectivity index is 2.50. The average Bonchev–Trinajstić information content (AvgIpc) is 2.28. The highest BCUT2D eigenvalue weighted by molar-refractivity contribution is 5.77. The fraction of sp³-hybridized carbons (Fsp3) is 0.333. The van der Waals surface area contributed by atoms with E-state index in [1.165, 1.54) is 5.56 Å². The molecule has 2 aromatic rings. The average molecular weight is 201 g/mol. The van der Waals surface area contributed by atoms with Gasteiger partial charge in [0.05, 0.1) is 11.0 Å². The molecule has 1 heterocycles. The van der Waals surface area contributed by atoms with Gasteiger partial charge in [-0.05, 0) is 25.1 Å². The first-order valence-electron chi connectivity index (χ1n) is 5.26. The lowest BCUT2D eigenvalue weighted by Crippen LogP contribution is -2.18. The Kier molecular flexibility index (Phi) is 2.92. The SMILES string of the molecule is CCNC(C)c1cccc2nccnc12. The second-order valence-electron chi connectivity index (χ2n) is 3.55. The van der Waals surface area contributed by atoms with Crippen LogP contribution in [0.25, 0.3) is 11.0 Å². The predicted molar refractivity (Wildman–Crippen MR) is 61.6 cm³/mol. The van der Waals surface area contributed by atoms with Crippen LogP contribution in [0.15, 0.2) is 30.6 Å². The third kappa shape index (κ3) is 1.97. The summed E-state index contributed by atoms with van der Waals surface area (Å²) >= 11 is 0. The molecule has 0 saturated carbocycles. The summed E-state index contributed by atoms with van der Waals surface area (Å²) < 4.78 is 0. The van der Waals surface area contributed by atoms with Gasteiger partial charge in [0.25, 0.3) is 0 Å². The van der Waals surface area contributed by atoms with Gasteiger partial charge in [-0.3, -0.25) is 9.97 Å². The van der Waals surface area contributed by atoms with E-state index in [0.717, 1.165) is 17.6 Å². The van der Waals surface area contributed by atoms with Gasteiger partial charge in [0.1, 0.15) is 0 Å². The lowest BCUT2D eigenvalue weighted by Gasteiger charge is -2.13. The number of para-hydroxylation sites is 1. The van der Waals surface area contributed by atoms with Gasteiger partial charge in [0.2, 0.25) is 0 Å². The van der Waals surface area contributed by atoms with Crippen LogP contribution in [0.5, 0.6) is 0 Å². The molecule has 1 N–H and O–H groups in total. The summed E-state index contributed by atoms with van der Waals surface area (Å²) in [5, 5.41) is 3.39. The maximum Gasteiger partial charge on any atom is 0.0934 e. The molecule has 0 saturated heterocycles. The number of hydrogen-bond acceptors (Lipinski definition) is 3. The second-order valence-corrected chi connectivity index (χ2v) is 3.55. The first kappa shape index (κ1) is 10.1. The first-order chi connectivity index (χ1) is 7.33. The zero-order chi connectivity index (χ0) is 10.7. The van der Waals surface area contributed by atoms with Gasteiger partial charge >= 0.3 is 0 Å². The Morgan fingerprint density at radius 2 is 2.07 bits per heavy atom. The van der Waals surface area contributed by atoms with E-state index >= 15 is 0 Å². The molecule has 1 aromatic carbocycles. The predicted octanol–water partition coefficient (Wildman–Crippen LogP) is 2.30. The van der Waals surface area contributed by atoms with Crippen molar-refractivity contribution in [3.05, 3.63) is 36.2 Å². The molecule has 1 unspecified atom stereocenters. The Hall–Kier alpha value is -1.48. The zero-order valence-electron chi connectivity index (χ0n) is 9.07. The number of benzene rings is 1. The van der Waals surface area contributed by atoms with Crippen LogP contribution in [0.1, 0.15) is 25.5 Å². The second kappa shape index (κ2) is 4.36. The van der Waals surface area contributed by atoms with Crippen LogP contribution in [0.3, 0.4) is 0 Å². The molecule has 0 spiro atoms. The first-order valence-corrected chi connectivity index (χ1v) is 5.26. The van der Waals surface area contributed by atoms with Crippen molar-refractivity contribution in [3.8, 4) is 0 Å². The number of rotatable bonds is 3. The molecule has 78 valence electrons. The maximum absolute atomic E-state index is 4.38. The standard InChI is InChI=1S/C12H15N3/c1-3-13-9(2)10-5-4-6-11-12(10)15-8-7-14-11/h4-9,13H,3H2,1-2H3. The smallest absolute Gasteiger partial charge is 0.0934 e. The molecular formula is C12H15N3. The van der Waals surface area contributed by atoms with E-state index in [1.807, 2.05) is 12.1 Å². The molecule has 1 aromatic heterocycles. The Bertz CT molecular complexity index is 448. The van der Waals surface area contributed by atoms with Crippen LogP contribution >= 0.6 is 0 Å². The summed E-state index contributed by atoms with van der Waals surface area (Å²) in [6.45, 7) is 5.21. The number of nitrogens with one attached hydrogen (secondary N) is 1. The minimum Gasteiger partial charge on any atom is -0.310 e. The van der Waals surface area contributed by atoms with Crippen LogP contribution in [0, 0.1) is 0 Å². The van der Waals surface area contributed by atoms with E-state index in [9.17, 15) is 0 Å². The van der Waals surface area contributed by atoms with Gasteiger partial charge < -0.3 is 5.32 Å². The van der Waals surface area contributed by atoms with Crippen molar-refractivity contribution >= 4 is 11.0 Å². The Morgan fingerprint density at radius 1 is 1.27 bits per heavy atom. The number of hydrogen-bond donors (Lipinski definition) is 1. The molecule has 3 heteroatoms. The Labute approximate surface area is 89.6 Å². The monoisotopic (exact) mass is 201 g/mol. The molecule has 0 aliphatic heterocycles. The Morgan fingerprint density at radius 3 is 2.87 bits per heavy atom. The van der Waals surface area contributed by atoms with Gasteiger partial charge in [-0.1, -0.05) is 19.1 Å². The molecule has 0 amide bonds. The normalized spacial score (nSPS) is 12.9. The van der Waals surface area contributed by atoms with Crippen LogP contribution in [0.4, 0.5) is 0 Å². The fourth-order valence-corrected chi connectivity index (χ4v) is 1.78. The summed E-state index contributed by atoms with van der Waals surface area (Å²) in [6.07, 6.45) is 3.47. The summed E-state index contributed by atoms with van der Waals surface area (Å²) in [7, 11) is 0. The molecule has 15 heavy (non-hydrogen) atoms. The van der Waals surface area contributed by atoms with E-state index in [2.05, 4.69) is 35.2 Å². The lowest BCUT2D eigenvalue weighted by molar-refractivity contribution is 0.601. The van der Waals surface area contributed by atoms with E-state index < -0.39 is 0 Å². The van der Waals surface area contributed by atoms with Crippen molar-refractivity contribution in [2.24, 2.45) is 0 Å². The molecule has 2 rings (SSSR count). The summed E-state index contributed by atoms with van der Waals surface area (Å²) in [5.41, 5.74) is 3.16. The van der Waals surface area contributed by atoms with Gasteiger partial charge in [0.15, 0.2) is 0 Å². The molecule has 0 aliphatic carbocycles. The lowest BCUT2D eigenvalue weighted by atomic mass is 10.1. The van der Waals surface area contributed by atoms with Crippen molar-refractivity contribution in [2.75, 3.05) is 6.54 Å². The molecular weight excluding hydrogens is 186 g/mol. The molecule has 0 bridgehead atoms. The van der Waals surface area contributed by atoms with Crippen LogP contribution in [0.2, 0.25) is 0 Å². The number of aromatic nitrogens is 2. The topological polar surface area (TPSA) is 37.8 Å².